The summed E-state index contributed by atoms with van der Waals surface area (Å²) in [6, 6.07) is 3.12. The summed E-state index contributed by atoms with van der Waals surface area (Å²) in [5, 5.41) is 2.90. The van der Waals surface area contributed by atoms with Crippen molar-refractivity contribution in [1.82, 2.24) is 4.90 Å². The van der Waals surface area contributed by atoms with Gasteiger partial charge < -0.3 is 15.0 Å². The first kappa shape index (κ1) is 17.3. The van der Waals surface area contributed by atoms with Crippen molar-refractivity contribution in [2.24, 2.45) is 0 Å². The Morgan fingerprint density at radius 3 is 2.57 bits per heavy atom. The van der Waals surface area contributed by atoms with E-state index >= 15 is 0 Å². The largest absolute Gasteiger partial charge is 0.416 e. The van der Waals surface area contributed by atoms with Gasteiger partial charge in [0.25, 0.3) is 5.91 Å². The van der Waals surface area contributed by atoms with Gasteiger partial charge in [-0.3, -0.25) is 4.79 Å². The maximum absolute atomic E-state index is 12.8. The molecule has 0 aliphatic heterocycles. The molecule has 0 spiro atoms. The van der Waals surface area contributed by atoms with Gasteiger partial charge in [-0.1, -0.05) is 0 Å². The van der Waals surface area contributed by atoms with Gasteiger partial charge in [0.2, 0.25) is 0 Å². The van der Waals surface area contributed by atoms with Gasteiger partial charge in [-0.2, -0.15) is 13.2 Å². The average molecular weight is 304 g/mol. The second-order valence-corrected chi connectivity index (χ2v) is 4.51. The molecule has 1 amide bonds. The first-order valence-corrected chi connectivity index (χ1v) is 6.50. The maximum atomic E-state index is 12.8. The number of hydrogen-bond acceptors (Lipinski definition) is 3. The van der Waals surface area contributed by atoms with Crippen LogP contribution in [0.15, 0.2) is 18.2 Å². The van der Waals surface area contributed by atoms with E-state index in [0.717, 1.165) is 12.1 Å². The highest BCUT2D eigenvalue weighted by Gasteiger charge is 2.32. The summed E-state index contributed by atoms with van der Waals surface area (Å²) < 4.78 is 43.2. The number of carbonyl (C=O) groups is 1. The third-order valence-corrected chi connectivity index (χ3v) is 2.92. The number of benzene rings is 1. The van der Waals surface area contributed by atoms with Gasteiger partial charge >= 0.3 is 6.18 Å². The second kappa shape index (κ2) is 7.31. The first-order valence-electron chi connectivity index (χ1n) is 6.50. The molecule has 1 N–H and O–H groups in total. The maximum Gasteiger partial charge on any atom is 0.416 e. The zero-order valence-electron chi connectivity index (χ0n) is 12.3. The third kappa shape index (κ3) is 4.63. The number of hydrogen-bond donors (Lipinski definition) is 1. The Morgan fingerprint density at radius 2 is 2.05 bits per heavy atom. The van der Waals surface area contributed by atoms with Crippen LogP contribution in [0.25, 0.3) is 0 Å². The second-order valence-electron chi connectivity index (χ2n) is 4.51. The number of ether oxygens (including phenoxy) is 1. The zero-order chi connectivity index (χ0) is 16.0. The van der Waals surface area contributed by atoms with Crippen LogP contribution in [0.5, 0.6) is 0 Å². The smallest absolute Gasteiger partial charge is 0.385 e. The van der Waals surface area contributed by atoms with Crippen LogP contribution in [0.1, 0.15) is 22.8 Å². The van der Waals surface area contributed by atoms with Crippen LogP contribution < -0.4 is 5.32 Å². The van der Waals surface area contributed by atoms with E-state index in [2.05, 4.69) is 5.32 Å². The summed E-state index contributed by atoms with van der Waals surface area (Å²) in [7, 11) is 3.02. The highest BCUT2D eigenvalue weighted by atomic mass is 19.4. The van der Waals surface area contributed by atoms with Crippen LogP contribution >= 0.6 is 0 Å². The number of likely N-dealkylation sites (N-methyl/N-ethyl adjacent to an activating group) is 1. The predicted octanol–water partition coefficient (Wildman–Crippen LogP) is 2.86. The molecule has 118 valence electrons. The molecule has 0 aliphatic carbocycles. The number of carbonyl (C=O) groups excluding carboxylic acids is 1. The molecule has 21 heavy (non-hydrogen) atoms. The molecular weight excluding hydrogens is 285 g/mol. The number of anilines is 1. The van der Waals surface area contributed by atoms with Crippen LogP contribution in [-0.4, -0.2) is 44.7 Å². The molecule has 0 bridgehead atoms. The van der Waals surface area contributed by atoms with E-state index < -0.39 is 17.6 Å². The number of methoxy groups -OCH3 is 1. The van der Waals surface area contributed by atoms with Gasteiger partial charge in [0.1, 0.15) is 0 Å². The van der Waals surface area contributed by atoms with Crippen molar-refractivity contribution in [2.45, 2.75) is 13.1 Å². The number of nitrogens with one attached hydrogen (secondary N) is 1. The molecule has 0 heterocycles. The summed E-state index contributed by atoms with van der Waals surface area (Å²) in [5.74, 6) is -0.478. The summed E-state index contributed by atoms with van der Waals surface area (Å²) in [6.07, 6.45) is -4.48. The highest BCUT2D eigenvalue weighted by Crippen LogP contribution is 2.32. The minimum Gasteiger partial charge on any atom is -0.385 e. The van der Waals surface area contributed by atoms with Crippen LogP contribution in [0.2, 0.25) is 0 Å². The standard InChI is InChI=1S/C14H19F3N2O2/c1-4-18-12-6-5-10(14(15,16)17)9-11(12)13(20)19(2)7-8-21-3/h5-6,9,18H,4,7-8H2,1-3H3. The predicted molar refractivity (Wildman–Crippen MR) is 74.4 cm³/mol. The summed E-state index contributed by atoms with van der Waals surface area (Å²) in [5.41, 5.74) is -0.447. The van der Waals surface area contributed by atoms with Crippen molar-refractivity contribution in [3.63, 3.8) is 0 Å². The minimum atomic E-state index is -4.48. The zero-order valence-corrected chi connectivity index (χ0v) is 12.3. The van der Waals surface area contributed by atoms with E-state index in [4.69, 9.17) is 4.74 Å². The summed E-state index contributed by atoms with van der Waals surface area (Å²) in [4.78, 5) is 13.6. The van der Waals surface area contributed by atoms with Gasteiger partial charge in [0.15, 0.2) is 0 Å². The molecule has 0 atom stereocenters. The van der Waals surface area contributed by atoms with Crippen molar-refractivity contribution in [3.05, 3.63) is 29.3 Å². The van der Waals surface area contributed by atoms with Crippen molar-refractivity contribution < 1.29 is 22.7 Å². The molecule has 0 aromatic heterocycles. The lowest BCUT2D eigenvalue weighted by Crippen LogP contribution is -2.30. The molecule has 0 saturated heterocycles. The molecule has 7 heteroatoms. The van der Waals surface area contributed by atoms with Gasteiger partial charge in [0.05, 0.1) is 17.7 Å². The van der Waals surface area contributed by atoms with Crippen molar-refractivity contribution in [3.8, 4) is 0 Å². The molecule has 0 aliphatic rings. The van der Waals surface area contributed by atoms with E-state index in [-0.39, 0.29) is 5.56 Å². The Morgan fingerprint density at radius 1 is 1.38 bits per heavy atom. The minimum absolute atomic E-state index is 0.00489. The van der Waals surface area contributed by atoms with E-state index in [0.29, 0.717) is 25.4 Å². The van der Waals surface area contributed by atoms with Gasteiger partial charge in [-0.25, -0.2) is 0 Å². The Bertz CT molecular complexity index is 490. The molecule has 0 saturated carbocycles. The van der Waals surface area contributed by atoms with Gasteiger partial charge in [0, 0.05) is 32.9 Å². The van der Waals surface area contributed by atoms with Crippen LogP contribution in [0.4, 0.5) is 18.9 Å². The monoisotopic (exact) mass is 304 g/mol. The Balaban J connectivity index is 3.13. The van der Waals surface area contributed by atoms with Crippen LogP contribution in [0, 0.1) is 0 Å². The van der Waals surface area contributed by atoms with E-state index in [1.807, 2.05) is 0 Å². The highest BCUT2D eigenvalue weighted by molar-refractivity contribution is 5.99. The fourth-order valence-corrected chi connectivity index (χ4v) is 1.78. The fourth-order valence-electron chi connectivity index (χ4n) is 1.78. The lowest BCUT2D eigenvalue weighted by atomic mass is 10.1. The van der Waals surface area contributed by atoms with Crippen LogP contribution in [-0.2, 0) is 10.9 Å². The Labute approximate surface area is 121 Å². The number of alkyl halides is 3. The number of nitrogens with zero attached hydrogens (tertiary/aromatic N) is 1. The van der Waals surface area contributed by atoms with E-state index in [1.165, 1.54) is 25.1 Å². The molecular formula is C14H19F3N2O2. The fraction of sp³-hybridized carbons (Fsp3) is 0.500. The van der Waals surface area contributed by atoms with Gasteiger partial charge in [-0.05, 0) is 25.1 Å². The van der Waals surface area contributed by atoms with E-state index in [9.17, 15) is 18.0 Å². The van der Waals surface area contributed by atoms with Crippen molar-refractivity contribution in [2.75, 3.05) is 39.2 Å². The quantitative estimate of drug-likeness (QED) is 0.878. The number of amides is 1. The molecule has 0 unspecified atom stereocenters. The molecule has 1 rings (SSSR count). The van der Waals surface area contributed by atoms with Gasteiger partial charge in [-0.15, -0.1) is 0 Å². The Kier molecular flexibility index (Phi) is 6.02. The average Bonchev–Trinajstić information content (AvgIpc) is 2.43. The molecule has 0 radical (unpaired) electrons. The first-order chi connectivity index (χ1) is 9.81. The molecule has 0 fully saturated rings. The topological polar surface area (TPSA) is 41.6 Å². The lowest BCUT2D eigenvalue weighted by molar-refractivity contribution is -0.137. The number of halogens is 3. The van der Waals surface area contributed by atoms with Crippen molar-refractivity contribution >= 4 is 11.6 Å². The normalized spacial score (nSPS) is 11.3. The summed E-state index contributed by atoms with van der Waals surface area (Å²) >= 11 is 0. The summed E-state index contributed by atoms with van der Waals surface area (Å²) in [6.45, 7) is 2.93. The van der Waals surface area contributed by atoms with Crippen molar-refractivity contribution in [1.29, 1.82) is 0 Å². The lowest BCUT2D eigenvalue weighted by Gasteiger charge is -2.20. The van der Waals surface area contributed by atoms with Crippen LogP contribution in [0.3, 0.4) is 0 Å². The molecule has 4 nitrogen and oxygen atoms in total. The molecule has 1 aromatic carbocycles. The van der Waals surface area contributed by atoms with E-state index in [1.54, 1.807) is 6.92 Å². The Hall–Kier alpha value is -1.76. The molecule has 1 aromatic rings. The SMILES string of the molecule is CCNc1ccc(C(F)(F)F)cc1C(=O)N(C)CCOC. The third-order valence-electron chi connectivity index (χ3n) is 2.92. The number of rotatable bonds is 6.